The SMILES string of the molecule is CCOC(=O)C[C@@H](NC(=O)c1cc2ccccc2oc1=O)c1cccc([N+](=O)[O-])c1. The van der Waals surface area contributed by atoms with Crippen LogP contribution in [-0.4, -0.2) is 23.4 Å². The van der Waals surface area contributed by atoms with E-state index in [1.165, 1.54) is 24.3 Å². The lowest BCUT2D eigenvalue weighted by Gasteiger charge is -2.18. The summed E-state index contributed by atoms with van der Waals surface area (Å²) in [4.78, 5) is 47.6. The van der Waals surface area contributed by atoms with Gasteiger partial charge in [0, 0.05) is 17.5 Å². The molecular weight excluding hydrogens is 392 g/mol. The second kappa shape index (κ2) is 8.99. The molecule has 1 aromatic heterocycles. The second-order valence-corrected chi connectivity index (χ2v) is 6.37. The zero-order valence-electron chi connectivity index (χ0n) is 16.0. The molecule has 1 amide bonds. The summed E-state index contributed by atoms with van der Waals surface area (Å²) in [7, 11) is 0. The van der Waals surface area contributed by atoms with Gasteiger partial charge in [0.05, 0.1) is 24.0 Å². The van der Waals surface area contributed by atoms with Crippen molar-refractivity contribution in [3.63, 3.8) is 0 Å². The molecule has 0 saturated carbocycles. The number of hydrogen-bond donors (Lipinski definition) is 1. The van der Waals surface area contributed by atoms with Crippen LogP contribution in [0.3, 0.4) is 0 Å². The van der Waals surface area contributed by atoms with Crippen LogP contribution in [-0.2, 0) is 9.53 Å². The third kappa shape index (κ3) is 4.69. The fourth-order valence-electron chi connectivity index (χ4n) is 2.95. The molecule has 9 heteroatoms. The zero-order valence-corrected chi connectivity index (χ0v) is 16.0. The van der Waals surface area contributed by atoms with Gasteiger partial charge in [-0.05, 0) is 24.6 Å². The number of para-hydroxylation sites is 1. The van der Waals surface area contributed by atoms with Gasteiger partial charge in [-0.25, -0.2) is 4.79 Å². The van der Waals surface area contributed by atoms with E-state index in [1.807, 2.05) is 0 Å². The Morgan fingerprint density at radius 3 is 2.67 bits per heavy atom. The first-order chi connectivity index (χ1) is 14.4. The predicted octanol–water partition coefficient (Wildman–Crippen LogP) is 3.13. The van der Waals surface area contributed by atoms with Crippen molar-refractivity contribution in [2.45, 2.75) is 19.4 Å². The summed E-state index contributed by atoms with van der Waals surface area (Å²) < 4.78 is 10.1. The van der Waals surface area contributed by atoms with Crippen molar-refractivity contribution in [2.24, 2.45) is 0 Å². The lowest BCUT2D eigenvalue weighted by Crippen LogP contribution is -2.33. The number of carbonyl (C=O) groups excluding carboxylic acids is 2. The van der Waals surface area contributed by atoms with Crippen molar-refractivity contribution in [3.8, 4) is 0 Å². The van der Waals surface area contributed by atoms with Gasteiger partial charge < -0.3 is 14.5 Å². The van der Waals surface area contributed by atoms with Gasteiger partial charge in [-0.1, -0.05) is 30.3 Å². The summed E-state index contributed by atoms with van der Waals surface area (Å²) in [6, 6.07) is 12.7. The second-order valence-electron chi connectivity index (χ2n) is 6.37. The highest BCUT2D eigenvalue weighted by molar-refractivity contribution is 5.97. The number of hydrogen-bond acceptors (Lipinski definition) is 7. The molecule has 0 bridgehead atoms. The standard InChI is InChI=1S/C21H18N2O7/c1-2-29-19(24)12-17(13-7-5-8-15(10-13)23(27)28)22-20(25)16-11-14-6-3-4-9-18(14)30-21(16)26/h3-11,17H,2,12H2,1H3,(H,22,25)/t17-/m1/s1. The third-order valence-corrected chi connectivity index (χ3v) is 4.35. The molecule has 30 heavy (non-hydrogen) atoms. The minimum absolute atomic E-state index is 0.142. The minimum atomic E-state index is -0.942. The fourth-order valence-corrected chi connectivity index (χ4v) is 2.95. The molecule has 0 aliphatic rings. The molecule has 0 unspecified atom stereocenters. The van der Waals surface area contributed by atoms with Crippen LogP contribution in [0.1, 0.15) is 35.3 Å². The Morgan fingerprint density at radius 1 is 1.17 bits per heavy atom. The lowest BCUT2D eigenvalue weighted by molar-refractivity contribution is -0.384. The Balaban J connectivity index is 1.94. The molecule has 0 spiro atoms. The van der Waals surface area contributed by atoms with Crippen molar-refractivity contribution >= 4 is 28.5 Å². The number of amides is 1. The monoisotopic (exact) mass is 410 g/mol. The van der Waals surface area contributed by atoms with Gasteiger partial charge in [0.15, 0.2) is 0 Å². The minimum Gasteiger partial charge on any atom is -0.466 e. The topological polar surface area (TPSA) is 129 Å². The largest absolute Gasteiger partial charge is 0.466 e. The van der Waals surface area contributed by atoms with Crippen molar-refractivity contribution in [3.05, 3.63) is 86.3 Å². The highest BCUT2D eigenvalue weighted by atomic mass is 16.6. The van der Waals surface area contributed by atoms with E-state index in [1.54, 1.807) is 37.3 Å². The maximum absolute atomic E-state index is 12.8. The van der Waals surface area contributed by atoms with Gasteiger partial charge in [0.2, 0.25) is 0 Å². The van der Waals surface area contributed by atoms with Crippen molar-refractivity contribution in [1.82, 2.24) is 5.32 Å². The Kier molecular flexibility index (Phi) is 6.21. The van der Waals surface area contributed by atoms with Gasteiger partial charge in [-0.15, -0.1) is 0 Å². The number of nitro groups is 1. The molecule has 9 nitrogen and oxygen atoms in total. The van der Waals surface area contributed by atoms with Crippen LogP contribution in [0.5, 0.6) is 0 Å². The molecule has 3 rings (SSSR count). The summed E-state index contributed by atoms with van der Waals surface area (Å²) in [5.41, 5.74) is -0.606. The van der Waals surface area contributed by atoms with Gasteiger partial charge in [0.1, 0.15) is 11.1 Å². The quantitative estimate of drug-likeness (QED) is 0.274. The van der Waals surface area contributed by atoms with Crippen LogP contribution in [0.25, 0.3) is 11.0 Å². The number of carbonyl (C=O) groups is 2. The Hall–Kier alpha value is -4.01. The van der Waals surface area contributed by atoms with Gasteiger partial charge in [0.25, 0.3) is 11.6 Å². The van der Waals surface area contributed by atoms with E-state index in [-0.39, 0.29) is 24.3 Å². The number of nitrogens with one attached hydrogen (secondary N) is 1. The molecule has 0 radical (unpaired) electrons. The average molecular weight is 410 g/mol. The first kappa shape index (κ1) is 20.7. The normalized spacial score (nSPS) is 11.6. The van der Waals surface area contributed by atoms with Crippen LogP contribution in [0, 0.1) is 10.1 Å². The van der Waals surface area contributed by atoms with Crippen LogP contribution in [0.15, 0.2) is 63.8 Å². The molecule has 0 fully saturated rings. The van der Waals surface area contributed by atoms with Gasteiger partial charge in [-0.3, -0.25) is 19.7 Å². The zero-order chi connectivity index (χ0) is 21.7. The van der Waals surface area contributed by atoms with E-state index in [9.17, 15) is 24.5 Å². The van der Waals surface area contributed by atoms with Crippen LogP contribution in [0.2, 0.25) is 0 Å². The van der Waals surface area contributed by atoms with Crippen molar-refractivity contribution in [1.29, 1.82) is 0 Å². The molecule has 154 valence electrons. The molecule has 0 saturated heterocycles. The van der Waals surface area contributed by atoms with Crippen LogP contribution in [0.4, 0.5) is 5.69 Å². The Labute approximate surface area is 170 Å². The molecule has 1 N–H and O–H groups in total. The van der Waals surface area contributed by atoms with E-state index in [2.05, 4.69) is 5.32 Å². The number of ether oxygens (including phenoxy) is 1. The molecule has 1 atom stereocenters. The Morgan fingerprint density at radius 2 is 1.93 bits per heavy atom. The number of nitro benzene ring substituents is 1. The molecule has 2 aromatic carbocycles. The number of fused-ring (bicyclic) bond motifs is 1. The molecule has 0 aliphatic heterocycles. The predicted molar refractivity (Wildman–Crippen MR) is 107 cm³/mol. The average Bonchev–Trinajstić information content (AvgIpc) is 2.73. The highest BCUT2D eigenvalue weighted by Gasteiger charge is 2.23. The summed E-state index contributed by atoms with van der Waals surface area (Å²) in [6.45, 7) is 1.78. The van der Waals surface area contributed by atoms with Crippen molar-refractivity contribution in [2.75, 3.05) is 6.61 Å². The van der Waals surface area contributed by atoms with E-state index in [0.717, 1.165) is 0 Å². The summed E-state index contributed by atoms with van der Waals surface area (Å²) in [5, 5.41) is 14.2. The highest BCUT2D eigenvalue weighted by Crippen LogP contribution is 2.23. The van der Waals surface area contributed by atoms with Gasteiger partial charge in [-0.2, -0.15) is 0 Å². The first-order valence-electron chi connectivity index (χ1n) is 9.12. The van der Waals surface area contributed by atoms with E-state index in [4.69, 9.17) is 9.15 Å². The van der Waals surface area contributed by atoms with Crippen molar-refractivity contribution < 1.29 is 23.7 Å². The van der Waals surface area contributed by atoms with Gasteiger partial charge >= 0.3 is 11.6 Å². The van der Waals surface area contributed by atoms with Crippen LogP contribution < -0.4 is 10.9 Å². The fraction of sp³-hybridized carbons (Fsp3) is 0.190. The van der Waals surface area contributed by atoms with E-state index >= 15 is 0 Å². The number of benzene rings is 2. The summed E-state index contributed by atoms with van der Waals surface area (Å²) in [6.07, 6.45) is -0.264. The first-order valence-corrected chi connectivity index (χ1v) is 9.12. The molecule has 0 aliphatic carbocycles. The van der Waals surface area contributed by atoms with E-state index < -0.39 is 28.5 Å². The molecular formula is C21H18N2O7. The maximum atomic E-state index is 12.8. The Bertz CT molecular complexity index is 1170. The molecule has 1 heterocycles. The molecule has 3 aromatic rings. The number of non-ortho nitro benzene ring substituents is 1. The number of rotatable bonds is 7. The third-order valence-electron chi connectivity index (χ3n) is 4.35. The number of nitrogens with zero attached hydrogens (tertiary/aromatic N) is 1. The lowest BCUT2D eigenvalue weighted by atomic mass is 10.0. The summed E-state index contributed by atoms with van der Waals surface area (Å²) in [5.74, 6) is -1.37. The van der Waals surface area contributed by atoms with Crippen LogP contribution >= 0.6 is 0 Å². The number of esters is 1. The van der Waals surface area contributed by atoms with E-state index in [0.29, 0.717) is 16.5 Å². The smallest absolute Gasteiger partial charge is 0.349 e. The summed E-state index contributed by atoms with van der Waals surface area (Å²) >= 11 is 0. The maximum Gasteiger partial charge on any atom is 0.349 e.